The van der Waals surface area contributed by atoms with Gasteiger partial charge in [-0.3, -0.25) is 34.2 Å². The number of rotatable bonds is 13. The van der Waals surface area contributed by atoms with Crippen LogP contribution >= 0.6 is 11.6 Å². The summed E-state index contributed by atoms with van der Waals surface area (Å²) in [5.41, 5.74) is 2.05. The first-order valence-electron chi connectivity index (χ1n) is 20.2. The fraction of sp³-hybridized carbons (Fsp3) is 0.467. The molecule has 13 heteroatoms. The van der Waals surface area contributed by atoms with Gasteiger partial charge in [0, 0.05) is 34.9 Å². The van der Waals surface area contributed by atoms with E-state index >= 15 is 0 Å². The van der Waals surface area contributed by atoms with E-state index in [0.717, 1.165) is 56.6 Å². The normalized spacial score (nSPS) is 22.8. The number of nitrogens with one attached hydrogen (secondary N) is 2. The topological polar surface area (TPSA) is 158 Å². The van der Waals surface area contributed by atoms with E-state index in [0.29, 0.717) is 40.2 Å². The zero-order valence-corrected chi connectivity index (χ0v) is 34.2. The number of imide groups is 2. The lowest BCUT2D eigenvalue weighted by atomic mass is 9.49. The molecule has 1 aliphatic carbocycles. The summed E-state index contributed by atoms with van der Waals surface area (Å²) in [5, 5.41) is 15.0. The van der Waals surface area contributed by atoms with Crippen LogP contribution in [0.1, 0.15) is 121 Å². The quantitative estimate of drug-likeness (QED) is 0.143. The van der Waals surface area contributed by atoms with Gasteiger partial charge < -0.3 is 19.7 Å². The van der Waals surface area contributed by atoms with Crippen LogP contribution in [-0.2, 0) is 9.59 Å². The Morgan fingerprint density at radius 2 is 1.57 bits per heavy atom. The second-order valence-electron chi connectivity index (χ2n) is 17.1. The van der Waals surface area contributed by atoms with Crippen LogP contribution in [0.25, 0.3) is 0 Å². The van der Waals surface area contributed by atoms with E-state index in [1.54, 1.807) is 36.4 Å². The minimum Gasteiger partial charge on any atom is -0.494 e. The van der Waals surface area contributed by atoms with Crippen LogP contribution < -0.4 is 20.1 Å². The van der Waals surface area contributed by atoms with Crippen molar-refractivity contribution in [3.05, 3.63) is 93.5 Å². The number of piperidine rings is 2. The van der Waals surface area contributed by atoms with Gasteiger partial charge in [-0.1, -0.05) is 51.4 Å². The number of hydrogen-bond acceptors (Lipinski definition) is 9. The van der Waals surface area contributed by atoms with Crippen LogP contribution in [0, 0.1) is 22.2 Å². The summed E-state index contributed by atoms with van der Waals surface area (Å²) < 4.78 is 12.3. The van der Waals surface area contributed by atoms with Crippen molar-refractivity contribution in [1.82, 2.24) is 20.4 Å². The molecule has 3 heterocycles. The maximum atomic E-state index is 13.5. The lowest BCUT2D eigenvalue weighted by Gasteiger charge is -2.63. The number of ether oxygens (including phenoxy) is 2. The fourth-order valence-electron chi connectivity index (χ4n) is 9.55. The Morgan fingerprint density at radius 3 is 2.24 bits per heavy atom. The molecule has 304 valence electrons. The second-order valence-corrected chi connectivity index (χ2v) is 17.5. The highest BCUT2D eigenvalue weighted by molar-refractivity contribution is 6.31. The maximum Gasteiger partial charge on any atom is 0.262 e. The monoisotopic (exact) mass is 807 g/mol. The van der Waals surface area contributed by atoms with Crippen molar-refractivity contribution in [3.8, 4) is 17.6 Å². The average molecular weight is 808 g/mol. The van der Waals surface area contributed by atoms with E-state index in [-0.39, 0.29) is 52.9 Å². The van der Waals surface area contributed by atoms with Gasteiger partial charge >= 0.3 is 0 Å². The first kappa shape index (κ1) is 40.9. The molecule has 1 saturated carbocycles. The molecule has 4 aliphatic rings. The SMILES string of the molecule is CC1(C)C(NC(=O)c2ccc(C3CCN(CCCCCOc4ccc5c(c4)C(=O)N(C4CCC(=O)NC4=O)C5=O)CC3)cc2)C(C)(C)C1Oc1ccc(C#N)c(Cl)c1. The summed E-state index contributed by atoms with van der Waals surface area (Å²) >= 11 is 6.24. The first-order valence-corrected chi connectivity index (χ1v) is 20.5. The first-order chi connectivity index (χ1) is 27.7. The number of hydrogen-bond donors (Lipinski definition) is 2. The van der Waals surface area contributed by atoms with E-state index in [1.165, 1.54) is 5.56 Å². The number of fused-ring (bicyclic) bond motifs is 1. The molecule has 12 nitrogen and oxygen atoms in total. The number of benzene rings is 3. The number of carbonyl (C=O) groups is 5. The Labute approximate surface area is 344 Å². The van der Waals surface area contributed by atoms with Gasteiger partial charge in [-0.05, 0) is 112 Å². The molecular weight excluding hydrogens is 758 g/mol. The predicted molar refractivity (Wildman–Crippen MR) is 217 cm³/mol. The van der Waals surface area contributed by atoms with E-state index in [1.807, 2.05) is 12.1 Å². The Kier molecular flexibility index (Phi) is 11.7. The Hall–Kier alpha value is -5.25. The number of likely N-dealkylation sites (tertiary alicyclic amines) is 1. The largest absolute Gasteiger partial charge is 0.494 e. The van der Waals surface area contributed by atoms with Crippen molar-refractivity contribution in [2.45, 2.75) is 96.7 Å². The van der Waals surface area contributed by atoms with Gasteiger partial charge in [0.15, 0.2) is 0 Å². The fourth-order valence-corrected chi connectivity index (χ4v) is 9.76. The van der Waals surface area contributed by atoms with Crippen LogP contribution in [-0.4, -0.2) is 83.8 Å². The van der Waals surface area contributed by atoms with Crippen molar-refractivity contribution >= 4 is 41.1 Å². The average Bonchev–Trinajstić information content (AvgIpc) is 3.45. The van der Waals surface area contributed by atoms with Gasteiger partial charge in [-0.2, -0.15) is 5.26 Å². The number of halogens is 1. The molecule has 58 heavy (non-hydrogen) atoms. The molecule has 3 aromatic rings. The molecule has 0 spiro atoms. The summed E-state index contributed by atoms with van der Waals surface area (Å²) in [5.74, 6) is -0.666. The molecule has 5 amide bonds. The molecule has 0 aromatic heterocycles. The van der Waals surface area contributed by atoms with Gasteiger partial charge in [0.2, 0.25) is 11.8 Å². The Balaban J connectivity index is 0.807. The molecule has 2 saturated heterocycles. The number of nitriles is 1. The zero-order chi connectivity index (χ0) is 41.4. The summed E-state index contributed by atoms with van der Waals surface area (Å²) in [6.45, 7) is 11.9. The van der Waals surface area contributed by atoms with E-state index in [9.17, 15) is 29.2 Å². The van der Waals surface area contributed by atoms with Crippen molar-refractivity contribution in [1.29, 1.82) is 5.26 Å². The van der Waals surface area contributed by atoms with Crippen LogP contribution in [0.3, 0.4) is 0 Å². The van der Waals surface area contributed by atoms with E-state index < -0.39 is 29.7 Å². The van der Waals surface area contributed by atoms with Crippen LogP contribution in [0.2, 0.25) is 5.02 Å². The summed E-state index contributed by atoms with van der Waals surface area (Å²) in [6, 6.07) is 18.9. The molecule has 3 aliphatic heterocycles. The molecule has 2 N–H and O–H groups in total. The minimum absolute atomic E-state index is 0.0768. The van der Waals surface area contributed by atoms with Gasteiger partial charge in [0.25, 0.3) is 17.7 Å². The second kappa shape index (κ2) is 16.5. The smallest absolute Gasteiger partial charge is 0.262 e. The third kappa shape index (κ3) is 8.07. The van der Waals surface area contributed by atoms with Gasteiger partial charge in [-0.25, -0.2) is 0 Å². The molecule has 7 rings (SSSR count). The molecule has 1 atom stereocenters. The zero-order valence-electron chi connectivity index (χ0n) is 33.4. The summed E-state index contributed by atoms with van der Waals surface area (Å²) in [4.78, 5) is 66.8. The standard InChI is InChI=1S/C45H50ClN5O7/c1-44(2)42(45(3,4)43(44)58-32-13-12-30(26-47)35(46)25-32)49-38(53)29-10-8-27(9-11-29)28-18-21-50(22-19-28)20-6-5-7-23-57-31-14-15-33-34(24-31)41(56)51(40(33)55)36-16-17-37(52)48-39(36)54/h8-15,24-25,28,36,42-43H,5-7,16-23H2,1-4H3,(H,49,53)(H,48,52,54). The molecule has 0 radical (unpaired) electrons. The van der Waals surface area contributed by atoms with Gasteiger partial charge in [-0.15, -0.1) is 0 Å². The van der Waals surface area contributed by atoms with Crippen molar-refractivity contribution in [3.63, 3.8) is 0 Å². The molecular formula is C45H50ClN5O7. The number of amides is 5. The molecule has 1 unspecified atom stereocenters. The maximum absolute atomic E-state index is 13.5. The predicted octanol–water partition coefficient (Wildman–Crippen LogP) is 6.65. The minimum atomic E-state index is -0.993. The van der Waals surface area contributed by atoms with Gasteiger partial charge in [0.1, 0.15) is 29.7 Å². The van der Waals surface area contributed by atoms with E-state index in [4.69, 9.17) is 21.1 Å². The lowest BCUT2D eigenvalue weighted by molar-refractivity contribution is -0.164. The summed E-state index contributed by atoms with van der Waals surface area (Å²) in [7, 11) is 0. The van der Waals surface area contributed by atoms with Crippen molar-refractivity contribution in [2.75, 3.05) is 26.2 Å². The highest BCUT2D eigenvalue weighted by Crippen LogP contribution is 2.55. The Morgan fingerprint density at radius 1 is 0.879 bits per heavy atom. The molecule has 3 fully saturated rings. The van der Waals surface area contributed by atoms with Crippen molar-refractivity contribution in [2.24, 2.45) is 10.8 Å². The summed E-state index contributed by atoms with van der Waals surface area (Å²) in [6.07, 6.45) is 5.02. The molecule has 0 bridgehead atoms. The van der Waals surface area contributed by atoms with Gasteiger partial charge in [0.05, 0.1) is 28.3 Å². The van der Waals surface area contributed by atoms with Crippen LogP contribution in [0.15, 0.2) is 60.7 Å². The third-order valence-electron chi connectivity index (χ3n) is 12.5. The lowest BCUT2D eigenvalue weighted by Crippen LogP contribution is -2.74. The molecule has 3 aromatic carbocycles. The van der Waals surface area contributed by atoms with Crippen LogP contribution in [0.4, 0.5) is 0 Å². The highest BCUT2D eigenvalue weighted by Gasteiger charge is 2.64. The number of carbonyl (C=O) groups excluding carboxylic acids is 5. The van der Waals surface area contributed by atoms with Crippen LogP contribution in [0.5, 0.6) is 11.5 Å². The van der Waals surface area contributed by atoms with Crippen molar-refractivity contribution < 1.29 is 33.4 Å². The highest BCUT2D eigenvalue weighted by atomic mass is 35.5. The third-order valence-corrected chi connectivity index (χ3v) is 12.8. The number of nitrogens with zero attached hydrogens (tertiary/aromatic N) is 3. The van der Waals surface area contributed by atoms with E-state index in [2.05, 4.69) is 61.4 Å². The Bertz CT molecular complexity index is 2140. The number of unbranched alkanes of at least 4 members (excludes halogenated alkanes) is 2.